The molecule has 1 aliphatic heterocycles. The summed E-state index contributed by atoms with van der Waals surface area (Å²) in [6.45, 7) is 4.16. The number of alkyl halides is 3. The lowest BCUT2D eigenvalue weighted by atomic mass is 10.1. The van der Waals surface area contributed by atoms with E-state index in [0.717, 1.165) is 66.3 Å². The first-order valence-corrected chi connectivity index (χ1v) is 9.70. The van der Waals surface area contributed by atoms with Crippen molar-refractivity contribution < 1.29 is 13.2 Å². The number of hydrogen-bond acceptors (Lipinski definition) is 5. The number of hydrogen-bond donors (Lipinski definition) is 0. The Morgan fingerprint density at radius 2 is 1.78 bits per heavy atom. The van der Waals surface area contributed by atoms with Gasteiger partial charge in [-0.15, -0.1) is 11.3 Å². The fourth-order valence-electron chi connectivity index (χ4n) is 3.43. The molecule has 0 radical (unpaired) electrons. The number of nitrogens with zero attached hydrogens (tertiary/aromatic N) is 4. The molecule has 0 N–H and O–H groups in total. The molecule has 0 aliphatic carbocycles. The van der Waals surface area contributed by atoms with Gasteiger partial charge >= 0.3 is 6.18 Å². The Hall–Kier alpha value is -2.19. The number of fused-ring (bicyclic) bond motifs is 1. The minimum Gasteiger partial charge on any atom is -0.355 e. The van der Waals surface area contributed by atoms with Crippen molar-refractivity contribution in [3.05, 3.63) is 53.2 Å². The predicted molar refractivity (Wildman–Crippen MR) is 101 cm³/mol. The zero-order valence-electron chi connectivity index (χ0n) is 14.6. The van der Waals surface area contributed by atoms with Gasteiger partial charge in [0.05, 0.1) is 10.9 Å². The molecule has 27 heavy (non-hydrogen) atoms. The summed E-state index contributed by atoms with van der Waals surface area (Å²) in [7, 11) is 0. The van der Waals surface area contributed by atoms with Crippen molar-refractivity contribution in [1.29, 1.82) is 0 Å². The zero-order chi connectivity index (χ0) is 18.9. The van der Waals surface area contributed by atoms with Crippen LogP contribution in [-0.4, -0.2) is 41.0 Å². The number of thiophene rings is 1. The average Bonchev–Trinajstić information content (AvgIpc) is 3.01. The van der Waals surface area contributed by atoms with Crippen molar-refractivity contribution in [3.63, 3.8) is 0 Å². The first-order chi connectivity index (χ1) is 13.0. The van der Waals surface area contributed by atoms with Gasteiger partial charge in [0.25, 0.3) is 0 Å². The SMILES string of the molecule is FC(F)(F)c1ccc(CN2CCCN(c3ncnc4sccc34)CC2)cc1. The lowest BCUT2D eigenvalue weighted by Crippen LogP contribution is -2.31. The molecule has 1 aliphatic rings. The summed E-state index contributed by atoms with van der Waals surface area (Å²) in [6, 6.07) is 7.52. The molecule has 2 aromatic heterocycles. The standard InChI is InChI=1S/C19H19F3N4S/c20-19(21,22)15-4-2-14(3-5-15)12-25-7-1-8-26(10-9-25)17-16-6-11-27-18(16)24-13-23-17/h2-6,11,13H,1,7-10,12H2. The molecule has 0 atom stereocenters. The van der Waals surface area contributed by atoms with Crippen LogP contribution in [0.25, 0.3) is 10.2 Å². The molecule has 4 nitrogen and oxygen atoms in total. The van der Waals surface area contributed by atoms with Gasteiger partial charge < -0.3 is 4.90 Å². The van der Waals surface area contributed by atoms with Gasteiger partial charge in [-0.3, -0.25) is 4.90 Å². The molecular formula is C19H19F3N4S. The van der Waals surface area contributed by atoms with Gasteiger partial charge in [-0.1, -0.05) is 12.1 Å². The third-order valence-electron chi connectivity index (χ3n) is 4.82. The van der Waals surface area contributed by atoms with Crippen LogP contribution in [0.5, 0.6) is 0 Å². The van der Waals surface area contributed by atoms with E-state index in [0.29, 0.717) is 6.54 Å². The van der Waals surface area contributed by atoms with Gasteiger partial charge in [0.2, 0.25) is 0 Å². The lowest BCUT2D eigenvalue weighted by molar-refractivity contribution is -0.137. The van der Waals surface area contributed by atoms with Crippen LogP contribution in [0.4, 0.5) is 19.0 Å². The van der Waals surface area contributed by atoms with E-state index in [1.165, 1.54) is 0 Å². The minimum atomic E-state index is -4.29. The van der Waals surface area contributed by atoms with Crippen LogP contribution < -0.4 is 4.90 Å². The Morgan fingerprint density at radius 3 is 2.56 bits per heavy atom. The van der Waals surface area contributed by atoms with Gasteiger partial charge in [0, 0.05) is 32.7 Å². The molecule has 8 heteroatoms. The largest absolute Gasteiger partial charge is 0.416 e. The molecule has 0 saturated carbocycles. The fraction of sp³-hybridized carbons (Fsp3) is 0.368. The van der Waals surface area contributed by atoms with E-state index in [1.807, 2.05) is 5.38 Å². The number of rotatable bonds is 3. The van der Waals surface area contributed by atoms with Crippen molar-refractivity contribution in [2.45, 2.75) is 19.1 Å². The summed E-state index contributed by atoms with van der Waals surface area (Å²) in [4.78, 5) is 14.3. The zero-order valence-corrected chi connectivity index (χ0v) is 15.4. The van der Waals surface area contributed by atoms with Crippen LogP contribution in [0.3, 0.4) is 0 Å². The smallest absolute Gasteiger partial charge is 0.355 e. The lowest BCUT2D eigenvalue weighted by Gasteiger charge is -2.23. The van der Waals surface area contributed by atoms with E-state index in [9.17, 15) is 13.2 Å². The predicted octanol–water partition coefficient (Wildman–Crippen LogP) is 4.42. The van der Waals surface area contributed by atoms with E-state index in [4.69, 9.17) is 0 Å². The Bertz CT molecular complexity index is 907. The monoisotopic (exact) mass is 392 g/mol. The molecule has 1 saturated heterocycles. The van der Waals surface area contributed by atoms with E-state index >= 15 is 0 Å². The van der Waals surface area contributed by atoms with Crippen molar-refractivity contribution in [3.8, 4) is 0 Å². The summed E-state index contributed by atoms with van der Waals surface area (Å²) in [5.74, 6) is 0.970. The Kier molecular flexibility index (Phi) is 5.01. The quantitative estimate of drug-likeness (QED) is 0.660. The molecule has 0 spiro atoms. The van der Waals surface area contributed by atoms with Crippen LogP contribution in [0, 0.1) is 0 Å². The van der Waals surface area contributed by atoms with E-state index in [2.05, 4.69) is 25.8 Å². The molecule has 0 amide bonds. The molecule has 0 bridgehead atoms. The molecule has 3 aromatic rings. The Balaban J connectivity index is 1.42. The van der Waals surface area contributed by atoms with Crippen LogP contribution in [-0.2, 0) is 12.7 Å². The molecule has 1 fully saturated rings. The molecule has 142 valence electrons. The van der Waals surface area contributed by atoms with Gasteiger partial charge in [0.1, 0.15) is 17.0 Å². The highest BCUT2D eigenvalue weighted by atomic mass is 32.1. The van der Waals surface area contributed by atoms with E-state index in [1.54, 1.807) is 29.8 Å². The van der Waals surface area contributed by atoms with E-state index < -0.39 is 11.7 Å². The molecule has 4 rings (SSSR count). The van der Waals surface area contributed by atoms with Gasteiger partial charge in [-0.25, -0.2) is 9.97 Å². The maximum atomic E-state index is 12.7. The third-order valence-corrected chi connectivity index (χ3v) is 5.64. The summed E-state index contributed by atoms with van der Waals surface area (Å²) in [6.07, 6.45) is -1.69. The second-order valence-corrected chi connectivity index (χ2v) is 7.54. The maximum absolute atomic E-state index is 12.7. The summed E-state index contributed by atoms with van der Waals surface area (Å²) < 4.78 is 38.1. The number of halogens is 3. The molecule has 3 heterocycles. The van der Waals surface area contributed by atoms with E-state index in [-0.39, 0.29) is 0 Å². The van der Waals surface area contributed by atoms with Crippen molar-refractivity contribution in [2.75, 3.05) is 31.1 Å². The van der Waals surface area contributed by atoms with Crippen molar-refractivity contribution in [1.82, 2.24) is 14.9 Å². The highest BCUT2D eigenvalue weighted by Gasteiger charge is 2.30. The Labute approximate surface area is 159 Å². The van der Waals surface area contributed by atoms with Crippen molar-refractivity contribution in [2.24, 2.45) is 0 Å². The third kappa shape index (κ3) is 4.06. The van der Waals surface area contributed by atoms with Gasteiger partial charge in [-0.2, -0.15) is 13.2 Å². The summed E-state index contributed by atoms with van der Waals surface area (Å²) >= 11 is 1.61. The maximum Gasteiger partial charge on any atom is 0.416 e. The first kappa shape index (κ1) is 18.2. The second-order valence-electron chi connectivity index (χ2n) is 6.65. The normalized spacial score (nSPS) is 16.6. The highest BCUT2D eigenvalue weighted by molar-refractivity contribution is 7.16. The van der Waals surface area contributed by atoms with Crippen LogP contribution in [0.1, 0.15) is 17.5 Å². The first-order valence-electron chi connectivity index (χ1n) is 8.82. The molecule has 0 unspecified atom stereocenters. The molecular weight excluding hydrogens is 373 g/mol. The average molecular weight is 392 g/mol. The van der Waals surface area contributed by atoms with Crippen LogP contribution in [0.2, 0.25) is 0 Å². The number of anilines is 1. The van der Waals surface area contributed by atoms with Crippen LogP contribution >= 0.6 is 11.3 Å². The Morgan fingerprint density at radius 1 is 0.963 bits per heavy atom. The van der Waals surface area contributed by atoms with Crippen LogP contribution in [0.15, 0.2) is 42.0 Å². The minimum absolute atomic E-state index is 0.600. The molecule has 1 aromatic carbocycles. The van der Waals surface area contributed by atoms with Gasteiger partial charge in [-0.05, 0) is 35.6 Å². The number of aromatic nitrogens is 2. The summed E-state index contributed by atoms with van der Waals surface area (Å²) in [5, 5.41) is 3.11. The van der Waals surface area contributed by atoms with Gasteiger partial charge in [0.15, 0.2) is 0 Å². The summed E-state index contributed by atoms with van der Waals surface area (Å²) in [5.41, 5.74) is 0.301. The number of benzene rings is 1. The highest BCUT2D eigenvalue weighted by Crippen LogP contribution is 2.30. The second kappa shape index (κ2) is 7.44. The fourth-order valence-corrected chi connectivity index (χ4v) is 4.15. The topological polar surface area (TPSA) is 32.3 Å². The van der Waals surface area contributed by atoms with Crippen molar-refractivity contribution >= 4 is 27.4 Å².